The van der Waals surface area contributed by atoms with Crippen LogP contribution in [0.3, 0.4) is 0 Å². The second kappa shape index (κ2) is 3.49. The summed E-state index contributed by atoms with van der Waals surface area (Å²) in [6.45, 7) is 6.58. The van der Waals surface area contributed by atoms with Gasteiger partial charge in [0.05, 0.1) is 13.2 Å². The Bertz CT molecular complexity index is 202. The van der Waals surface area contributed by atoms with Gasteiger partial charge in [-0.05, 0) is 39.7 Å². The molecule has 0 unspecified atom stereocenters. The Morgan fingerprint density at radius 2 is 1.79 bits per heavy atom. The van der Waals surface area contributed by atoms with Gasteiger partial charge >= 0.3 is 0 Å². The number of hydrogen-bond acceptors (Lipinski definition) is 2. The van der Waals surface area contributed by atoms with Gasteiger partial charge in [0.1, 0.15) is 0 Å². The van der Waals surface area contributed by atoms with Crippen molar-refractivity contribution in [3.63, 3.8) is 0 Å². The fraction of sp³-hybridized carbons (Fsp3) is 1.00. The third-order valence-corrected chi connectivity index (χ3v) is 4.73. The molecular formula is C12H23NO. The lowest BCUT2D eigenvalue weighted by Gasteiger charge is -2.56. The van der Waals surface area contributed by atoms with Crippen molar-refractivity contribution in [3.8, 4) is 0 Å². The van der Waals surface area contributed by atoms with Gasteiger partial charge in [-0.1, -0.05) is 12.8 Å². The maximum absolute atomic E-state index is 5.50. The summed E-state index contributed by atoms with van der Waals surface area (Å²) >= 11 is 0. The molecule has 1 saturated carbocycles. The van der Waals surface area contributed by atoms with Crippen LogP contribution in [-0.2, 0) is 4.74 Å². The summed E-state index contributed by atoms with van der Waals surface area (Å²) in [7, 11) is 2.08. The fourth-order valence-corrected chi connectivity index (χ4v) is 3.16. The summed E-state index contributed by atoms with van der Waals surface area (Å²) in [5, 5.41) is 3.48. The SMILES string of the molecule is CNC(C)(C)C1(C2CCCC2)COC1. The first-order valence-electron chi connectivity index (χ1n) is 5.89. The molecule has 2 nitrogen and oxygen atoms in total. The zero-order valence-electron chi connectivity index (χ0n) is 9.73. The van der Waals surface area contributed by atoms with E-state index in [0.717, 1.165) is 19.1 Å². The Hall–Kier alpha value is -0.0800. The molecule has 0 radical (unpaired) electrons. The molecular weight excluding hydrogens is 174 g/mol. The fourth-order valence-electron chi connectivity index (χ4n) is 3.16. The van der Waals surface area contributed by atoms with E-state index in [4.69, 9.17) is 4.74 Å². The molecule has 0 aromatic carbocycles. The van der Waals surface area contributed by atoms with Crippen molar-refractivity contribution in [3.05, 3.63) is 0 Å². The first-order chi connectivity index (χ1) is 6.62. The normalized spacial score (nSPS) is 27.6. The van der Waals surface area contributed by atoms with Gasteiger partial charge < -0.3 is 10.1 Å². The lowest BCUT2D eigenvalue weighted by molar-refractivity contribution is -0.185. The second-order valence-corrected chi connectivity index (χ2v) is 5.51. The van der Waals surface area contributed by atoms with Crippen molar-refractivity contribution in [1.29, 1.82) is 0 Å². The van der Waals surface area contributed by atoms with Gasteiger partial charge in [-0.15, -0.1) is 0 Å². The van der Waals surface area contributed by atoms with Gasteiger partial charge in [-0.3, -0.25) is 0 Å². The van der Waals surface area contributed by atoms with Crippen LogP contribution in [0.5, 0.6) is 0 Å². The minimum absolute atomic E-state index is 0.222. The van der Waals surface area contributed by atoms with Crippen molar-refractivity contribution >= 4 is 0 Å². The third kappa shape index (κ3) is 1.31. The van der Waals surface area contributed by atoms with Crippen molar-refractivity contribution in [1.82, 2.24) is 5.32 Å². The molecule has 1 saturated heterocycles. The Morgan fingerprint density at radius 3 is 2.14 bits per heavy atom. The Kier molecular flexibility index (Phi) is 2.61. The zero-order chi connectivity index (χ0) is 10.2. The summed E-state index contributed by atoms with van der Waals surface area (Å²) < 4.78 is 5.50. The van der Waals surface area contributed by atoms with Gasteiger partial charge in [-0.25, -0.2) is 0 Å². The smallest absolute Gasteiger partial charge is 0.0565 e. The van der Waals surface area contributed by atoms with Crippen LogP contribution in [0.25, 0.3) is 0 Å². The molecule has 82 valence electrons. The zero-order valence-corrected chi connectivity index (χ0v) is 9.73. The van der Waals surface area contributed by atoms with Gasteiger partial charge in [-0.2, -0.15) is 0 Å². The molecule has 1 heterocycles. The largest absolute Gasteiger partial charge is 0.380 e. The van der Waals surface area contributed by atoms with Crippen LogP contribution in [0.1, 0.15) is 39.5 Å². The van der Waals surface area contributed by atoms with E-state index >= 15 is 0 Å². The molecule has 0 bridgehead atoms. The van der Waals surface area contributed by atoms with Crippen molar-refractivity contribution < 1.29 is 4.74 Å². The van der Waals surface area contributed by atoms with Crippen LogP contribution in [0, 0.1) is 11.3 Å². The summed E-state index contributed by atoms with van der Waals surface area (Å²) in [4.78, 5) is 0. The Labute approximate surface area is 87.4 Å². The molecule has 2 heteroatoms. The minimum atomic E-state index is 0.222. The van der Waals surface area contributed by atoms with Gasteiger partial charge in [0.15, 0.2) is 0 Å². The summed E-state index contributed by atoms with van der Waals surface area (Å²) in [5.41, 5.74) is 0.637. The number of ether oxygens (including phenoxy) is 1. The predicted octanol–water partition coefficient (Wildman–Crippen LogP) is 2.19. The molecule has 1 N–H and O–H groups in total. The monoisotopic (exact) mass is 197 g/mol. The van der Waals surface area contributed by atoms with E-state index in [2.05, 4.69) is 26.2 Å². The van der Waals surface area contributed by atoms with E-state index in [1.165, 1.54) is 25.7 Å². The molecule has 0 atom stereocenters. The molecule has 2 aliphatic rings. The number of hydrogen-bond donors (Lipinski definition) is 1. The first-order valence-corrected chi connectivity index (χ1v) is 5.89. The maximum atomic E-state index is 5.50. The van der Waals surface area contributed by atoms with Crippen LogP contribution >= 0.6 is 0 Å². The highest BCUT2D eigenvalue weighted by Gasteiger charge is 2.55. The van der Waals surface area contributed by atoms with Crippen LogP contribution in [-0.4, -0.2) is 25.8 Å². The van der Waals surface area contributed by atoms with E-state index in [-0.39, 0.29) is 5.54 Å². The summed E-state index contributed by atoms with van der Waals surface area (Å²) in [6.07, 6.45) is 5.67. The van der Waals surface area contributed by atoms with Gasteiger partial charge in [0.25, 0.3) is 0 Å². The van der Waals surface area contributed by atoms with Crippen molar-refractivity contribution in [2.24, 2.45) is 11.3 Å². The van der Waals surface area contributed by atoms with E-state index in [0.29, 0.717) is 5.41 Å². The first kappa shape index (κ1) is 10.4. The molecule has 0 aromatic heterocycles. The third-order valence-electron chi connectivity index (χ3n) is 4.73. The molecule has 2 fully saturated rings. The molecule has 2 rings (SSSR count). The molecule has 0 aromatic rings. The van der Waals surface area contributed by atoms with E-state index < -0.39 is 0 Å². The van der Waals surface area contributed by atoms with Crippen LogP contribution < -0.4 is 5.32 Å². The van der Waals surface area contributed by atoms with Gasteiger partial charge in [0, 0.05) is 11.0 Å². The predicted molar refractivity (Wildman–Crippen MR) is 58.3 cm³/mol. The lowest BCUT2D eigenvalue weighted by Crippen LogP contribution is -2.65. The Balaban J connectivity index is 2.16. The lowest BCUT2D eigenvalue weighted by atomic mass is 9.61. The highest BCUT2D eigenvalue weighted by atomic mass is 16.5. The van der Waals surface area contributed by atoms with Crippen molar-refractivity contribution in [2.45, 2.75) is 45.1 Å². The molecule has 0 spiro atoms. The summed E-state index contributed by atoms with van der Waals surface area (Å²) in [5.74, 6) is 0.888. The van der Waals surface area contributed by atoms with Crippen molar-refractivity contribution in [2.75, 3.05) is 20.3 Å². The molecule has 0 amide bonds. The topological polar surface area (TPSA) is 21.3 Å². The molecule has 14 heavy (non-hydrogen) atoms. The standard InChI is InChI=1S/C12H23NO/c1-11(2,13-3)12(8-14-9-12)10-6-4-5-7-10/h10,13H,4-9H2,1-3H3. The van der Waals surface area contributed by atoms with Gasteiger partial charge in [0.2, 0.25) is 0 Å². The minimum Gasteiger partial charge on any atom is -0.380 e. The quantitative estimate of drug-likeness (QED) is 0.749. The average Bonchev–Trinajstić information content (AvgIpc) is 2.55. The molecule has 1 aliphatic carbocycles. The summed E-state index contributed by atoms with van der Waals surface area (Å²) in [6, 6.07) is 0. The second-order valence-electron chi connectivity index (χ2n) is 5.51. The van der Waals surface area contributed by atoms with E-state index in [1.807, 2.05) is 0 Å². The molecule has 1 aliphatic heterocycles. The average molecular weight is 197 g/mol. The van der Waals surface area contributed by atoms with E-state index in [1.54, 1.807) is 0 Å². The highest BCUT2D eigenvalue weighted by Crippen LogP contribution is 2.51. The Morgan fingerprint density at radius 1 is 1.21 bits per heavy atom. The number of rotatable bonds is 3. The number of nitrogens with one attached hydrogen (secondary N) is 1. The van der Waals surface area contributed by atoms with Crippen LogP contribution in [0.15, 0.2) is 0 Å². The van der Waals surface area contributed by atoms with Crippen LogP contribution in [0.2, 0.25) is 0 Å². The highest BCUT2D eigenvalue weighted by molar-refractivity contribution is 5.06. The van der Waals surface area contributed by atoms with E-state index in [9.17, 15) is 0 Å². The van der Waals surface area contributed by atoms with Crippen LogP contribution in [0.4, 0.5) is 0 Å². The maximum Gasteiger partial charge on any atom is 0.0565 e.